The van der Waals surface area contributed by atoms with Gasteiger partial charge in [0.1, 0.15) is 0 Å². The molecule has 0 unspecified atom stereocenters. The molecule has 1 aliphatic carbocycles. The predicted octanol–water partition coefficient (Wildman–Crippen LogP) is 2.58. The number of nitrogens with zero attached hydrogens (tertiary/aromatic N) is 2. The molecular formula is C15H23F3N2O2. The van der Waals surface area contributed by atoms with Gasteiger partial charge in [-0.2, -0.15) is 13.2 Å². The zero-order valence-electron chi connectivity index (χ0n) is 12.7. The summed E-state index contributed by atoms with van der Waals surface area (Å²) in [7, 11) is 0. The van der Waals surface area contributed by atoms with Crippen LogP contribution in [0.25, 0.3) is 0 Å². The van der Waals surface area contributed by atoms with Crippen molar-refractivity contribution in [3.05, 3.63) is 0 Å². The summed E-state index contributed by atoms with van der Waals surface area (Å²) in [5.41, 5.74) is 0. The summed E-state index contributed by atoms with van der Waals surface area (Å²) in [5, 5.41) is 0. The number of carbonyl (C=O) groups is 2. The predicted molar refractivity (Wildman–Crippen MR) is 75.0 cm³/mol. The van der Waals surface area contributed by atoms with Crippen LogP contribution in [0.15, 0.2) is 0 Å². The van der Waals surface area contributed by atoms with E-state index >= 15 is 0 Å². The summed E-state index contributed by atoms with van der Waals surface area (Å²) in [6.45, 7) is 0.668. The second-order valence-corrected chi connectivity index (χ2v) is 6.23. The minimum absolute atomic E-state index is 0.0215. The number of hydrogen-bond acceptors (Lipinski definition) is 2. The van der Waals surface area contributed by atoms with Crippen molar-refractivity contribution in [2.75, 3.05) is 26.2 Å². The first-order valence-electron chi connectivity index (χ1n) is 8.02. The monoisotopic (exact) mass is 320 g/mol. The molecule has 2 fully saturated rings. The molecule has 0 spiro atoms. The lowest BCUT2D eigenvalue weighted by Crippen LogP contribution is -2.43. The first kappa shape index (κ1) is 17.1. The van der Waals surface area contributed by atoms with E-state index in [-0.39, 0.29) is 25.5 Å². The standard InChI is InChI=1S/C15H23F3N2O2/c16-15(17,18)14(22)20-8-4-7-19(9-10-20)13(21)11-12-5-2-1-3-6-12/h12H,1-11H2. The van der Waals surface area contributed by atoms with Crippen molar-refractivity contribution in [1.29, 1.82) is 0 Å². The summed E-state index contributed by atoms with van der Waals surface area (Å²) in [6, 6.07) is 0. The molecule has 0 radical (unpaired) electrons. The molecular weight excluding hydrogens is 297 g/mol. The summed E-state index contributed by atoms with van der Waals surface area (Å²) >= 11 is 0. The summed E-state index contributed by atoms with van der Waals surface area (Å²) in [5.74, 6) is -1.36. The van der Waals surface area contributed by atoms with Gasteiger partial charge >= 0.3 is 12.1 Å². The Morgan fingerprint density at radius 1 is 0.864 bits per heavy atom. The first-order chi connectivity index (χ1) is 10.4. The van der Waals surface area contributed by atoms with Gasteiger partial charge < -0.3 is 9.80 Å². The van der Waals surface area contributed by atoms with E-state index in [9.17, 15) is 22.8 Å². The maximum atomic E-state index is 12.5. The van der Waals surface area contributed by atoms with Crippen LogP contribution >= 0.6 is 0 Å². The average Bonchev–Trinajstić information content (AvgIpc) is 2.72. The van der Waals surface area contributed by atoms with Gasteiger partial charge in [-0.3, -0.25) is 9.59 Å². The van der Waals surface area contributed by atoms with Crippen LogP contribution in [0.2, 0.25) is 0 Å². The van der Waals surface area contributed by atoms with Gasteiger partial charge in [0.25, 0.3) is 0 Å². The number of halogens is 3. The van der Waals surface area contributed by atoms with Crippen LogP contribution in [0.4, 0.5) is 13.2 Å². The lowest BCUT2D eigenvalue weighted by atomic mass is 9.86. The highest BCUT2D eigenvalue weighted by Crippen LogP contribution is 2.27. The van der Waals surface area contributed by atoms with Crippen LogP contribution in [-0.4, -0.2) is 54.0 Å². The lowest BCUT2D eigenvalue weighted by molar-refractivity contribution is -0.185. The molecule has 2 aliphatic rings. The summed E-state index contributed by atoms with van der Waals surface area (Å²) in [6.07, 6.45) is 1.74. The fraction of sp³-hybridized carbons (Fsp3) is 0.867. The Morgan fingerprint density at radius 2 is 1.45 bits per heavy atom. The Labute approximate surface area is 128 Å². The van der Waals surface area contributed by atoms with Crippen LogP contribution in [0, 0.1) is 5.92 Å². The maximum Gasteiger partial charge on any atom is 0.471 e. The number of carbonyl (C=O) groups excluding carboxylic acids is 2. The van der Waals surface area contributed by atoms with E-state index in [1.807, 2.05) is 0 Å². The van der Waals surface area contributed by atoms with Crippen LogP contribution in [0.5, 0.6) is 0 Å². The lowest BCUT2D eigenvalue weighted by Gasteiger charge is -2.26. The first-order valence-corrected chi connectivity index (χ1v) is 8.02. The average molecular weight is 320 g/mol. The fourth-order valence-electron chi connectivity index (χ4n) is 3.32. The second-order valence-electron chi connectivity index (χ2n) is 6.23. The Bertz CT molecular complexity index is 406. The fourth-order valence-corrected chi connectivity index (χ4v) is 3.32. The quantitative estimate of drug-likeness (QED) is 0.785. The molecule has 0 atom stereocenters. The molecule has 0 aromatic rings. The molecule has 2 rings (SSSR count). The van der Waals surface area contributed by atoms with E-state index in [2.05, 4.69) is 0 Å². The van der Waals surface area contributed by atoms with Crippen LogP contribution < -0.4 is 0 Å². The molecule has 0 N–H and O–H groups in total. The van der Waals surface area contributed by atoms with Gasteiger partial charge in [0.05, 0.1) is 0 Å². The van der Waals surface area contributed by atoms with Crippen molar-refractivity contribution in [3.8, 4) is 0 Å². The number of alkyl halides is 3. The molecule has 4 nitrogen and oxygen atoms in total. The molecule has 1 heterocycles. The van der Waals surface area contributed by atoms with Crippen molar-refractivity contribution < 1.29 is 22.8 Å². The third-order valence-electron chi connectivity index (χ3n) is 4.57. The summed E-state index contributed by atoms with van der Waals surface area (Å²) in [4.78, 5) is 26.0. The third kappa shape index (κ3) is 4.61. The second kappa shape index (κ2) is 7.33. The Balaban J connectivity index is 1.84. The molecule has 0 bridgehead atoms. The van der Waals surface area contributed by atoms with Crippen LogP contribution in [-0.2, 0) is 9.59 Å². The van der Waals surface area contributed by atoms with Gasteiger partial charge in [-0.15, -0.1) is 0 Å². The van der Waals surface area contributed by atoms with Crippen LogP contribution in [0.3, 0.4) is 0 Å². The van der Waals surface area contributed by atoms with E-state index in [0.29, 0.717) is 25.3 Å². The SMILES string of the molecule is O=C(CC1CCCCC1)N1CCCN(C(=O)C(F)(F)F)CC1. The molecule has 7 heteroatoms. The summed E-state index contributed by atoms with van der Waals surface area (Å²) < 4.78 is 37.4. The van der Waals surface area contributed by atoms with Crippen molar-refractivity contribution >= 4 is 11.8 Å². The highest BCUT2D eigenvalue weighted by Gasteiger charge is 2.42. The zero-order chi connectivity index (χ0) is 16.2. The Morgan fingerprint density at radius 3 is 2.09 bits per heavy atom. The number of amides is 2. The van der Waals surface area contributed by atoms with Gasteiger partial charge in [-0.05, 0) is 25.2 Å². The van der Waals surface area contributed by atoms with Gasteiger partial charge in [0.15, 0.2) is 0 Å². The van der Waals surface area contributed by atoms with Gasteiger partial charge in [-0.25, -0.2) is 0 Å². The van der Waals surface area contributed by atoms with Gasteiger partial charge in [0, 0.05) is 32.6 Å². The highest BCUT2D eigenvalue weighted by molar-refractivity contribution is 5.82. The van der Waals surface area contributed by atoms with Crippen molar-refractivity contribution in [1.82, 2.24) is 9.80 Å². The number of hydrogen-bond donors (Lipinski definition) is 0. The molecule has 1 aliphatic heterocycles. The largest absolute Gasteiger partial charge is 0.471 e. The third-order valence-corrected chi connectivity index (χ3v) is 4.57. The Kier molecular flexibility index (Phi) is 5.69. The van der Waals surface area contributed by atoms with E-state index in [1.165, 1.54) is 6.42 Å². The normalized spacial score (nSPS) is 21.6. The van der Waals surface area contributed by atoms with Gasteiger partial charge in [0.2, 0.25) is 5.91 Å². The van der Waals surface area contributed by atoms with Gasteiger partial charge in [-0.1, -0.05) is 19.3 Å². The maximum absolute atomic E-state index is 12.5. The molecule has 1 saturated carbocycles. The van der Waals surface area contributed by atoms with Crippen molar-refractivity contribution in [2.24, 2.45) is 5.92 Å². The minimum atomic E-state index is -4.83. The molecule has 0 aromatic heterocycles. The highest BCUT2D eigenvalue weighted by atomic mass is 19.4. The van der Waals surface area contributed by atoms with Crippen LogP contribution in [0.1, 0.15) is 44.9 Å². The van der Waals surface area contributed by atoms with E-state index in [4.69, 9.17) is 0 Å². The molecule has 2 amide bonds. The van der Waals surface area contributed by atoms with E-state index in [0.717, 1.165) is 30.6 Å². The minimum Gasteiger partial charge on any atom is -0.341 e. The van der Waals surface area contributed by atoms with E-state index < -0.39 is 12.1 Å². The number of rotatable bonds is 2. The zero-order valence-corrected chi connectivity index (χ0v) is 12.7. The smallest absolute Gasteiger partial charge is 0.341 e. The van der Waals surface area contributed by atoms with E-state index in [1.54, 1.807) is 4.90 Å². The molecule has 1 saturated heterocycles. The topological polar surface area (TPSA) is 40.6 Å². The van der Waals surface area contributed by atoms with Crippen molar-refractivity contribution in [2.45, 2.75) is 51.1 Å². The molecule has 126 valence electrons. The van der Waals surface area contributed by atoms with Crippen molar-refractivity contribution in [3.63, 3.8) is 0 Å². The Hall–Kier alpha value is -1.27. The molecule has 22 heavy (non-hydrogen) atoms. The molecule has 0 aromatic carbocycles.